The van der Waals surface area contributed by atoms with Gasteiger partial charge in [-0.15, -0.1) is 0 Å². The van der Waals surface area contributed by atoms with E-state index in [1.165, 1.54) is 49.4 Å². The van der Waals surface area contributed by atoms with Crippen LogP contribution in [-0.2, 0) is 0 Å². The fourth-order valence-corrected chi connectivity index (χ4v) is 6.34. The molecule has 0 aliphatic rings. The summed E-state index contributed by atoms with van der Waals surface area (Å²) in [6.45, 7) is 0. The zero-order valence-electron chi connectivity index (χ0n) is 19.8. The van der Waals surface area contributed by atoms with Gasteiger partial charge >= 0.3 is 0 Å². The number of halogens is 1. The first-order valence-corrected chi connectivity index (χ1v) is 13.2. The number of furan rings is 1. The van der Waals surface area contributed by atoms with Gasteiger partial charge in [0.1, 0.15) is 11.2 Å². The number of hydrogen-bond donors (Lipinski definition) is 0. The number of rotatable bonds is 2. The van der Waals surface area contributed by atoms with Crippen LogP contribution < -0.4 is 0 Å². The molecule has 0 saturated heterocycles. The second-order valence-corrected chi connectivity index (χ2v) is 10.4. The van der Waals surface area contributed by atoms with Gasteiger partial charge in [-0.1, -0.05) is 88.7 Å². The predicted octanol–water partition coefficient (Wildman–Crippen LogP) is 10.3. The van der Waals surface area contributed by atoms with E-state index in [4.69, 9.17) is 4.42 Å². The van der Waals surface area contributed by atoms with Gasteiger partial charge in [0.15, 0.2) is 0 Å². The molecule has 2 nitrogen and oxygen atoms in total. The fraction of sp³-hybridized carbons (Fsp3) is 0. The molecule has 2 heterocycles. The van der Waals surface area contributed by atoms with E-state index in [2.05, 4.69) is 130 Å². The molecule has 2 aromatic heterocycles. The largest absolute Gasteiger partial charge is 0.456 e. The van der Waals surface area contributed by atoms with E-state index >= 15 is 0 Å². The molecular weight excluding hydrogens is 518 g/mol. The third kappa shape index (κ3) is 3.04. The summed E-state index contributed by atoms with van der Waals surface area (Å²) < 4.78 is 9.56. The summed E-state index contributed by atoms with van der Waals surface area (Å²) in [4.78, 5) is 0. The molecule has 0 saturated carbocycles. The molecule has 8 rings (SSSR count). The molecule has 0 aliphatic heterocycles. The lowest BCUT2D eigenvalue weighted by Gasteiger charge is -2.11. The summed E-state index contributed by atoms with van der Waals surface area (Å²) in [7, 11) is 0. The molecule has 37 heavy (non-hydrogen) atoms. The minimum absolute atomic E-state index is 0.898. The summed E-state index contributed by atoms with van der Waals surface area (Å²) in [5, 5.41) is 7.24. The summed E-state index contributed by atoms with van der Waals surface area (Å²) in [5.74, 6) is 0. The first kappa shape index (κ1) is 20.8. The number of para-hydroxylation sites is 1. The Morgan fingerprint density at radius 3 is 2.14 bits per heavy atom. The van der Waals surface area contributed by atoms with Crippen molar-refractivity contribution in [3.63, 3.8) is 0 Å². The average Bonchev–Trinajstić information content (AvgIpc) is 3.48. The molecule has 0 aliphatic carbocycles. The molecule has 0 unspecified atom stereocenters. The Labute approximate surface area is 221 Å². The standard InChI is InChI=1S/C34H20BrNO/c35-28-11-6-14-33-34(28)27-20-23(16-18-32(27)37-33)22-15-17-31-26(19-22)25-10-3-4-12-30(25)36(31)29-13-5-8-21-7-1-2-9-24(21)29/h1-20H. The van der Waals surface area contributed by atoms with E-state index in [0.29, 0.717) is 0 Å². The Hall–Kier alpha value is -4.34. The molecule has 0 amide bonds. The van der Waals surface area contributed by atoms with Crippen LogP contribution in [0.5, 0.6) is 0 Å². The van der Waals surface area contributed by atoms with Crippen molar-refractivity contribution in [1.82, 2.24) is 4.57 Å². The monoisotopic (exact) mass is 537 g/mol. The van der Waals surface area contributed by atoms with Crippen LogP contribution in [0.25, 0.3) is 71.3 Å². The molecule has 8 aromatic rings. The summed E-state index contributed by atoms with van der Waals surface area (Å²) in [6.07, 6.45) is 0. The van der Waals surface area contributed by atoms with E-state index in [1.807, 2.05) is 12.1 Å². The minimum Gasteiger partial charge on any atom is -0.456 e. The average molecular weight is 538 g/mol. The third-order valence-electron chi connectivity index (χ3n) is 7.46. The van der Waals surface area contributed by atoms with Crippen LogP contribution in [-0.4, -0.2) is 4.57 Å². The maximum absolute atomic E-state index is 6.11. The Morgan fingerprint density at radius 1 is 0.514 bits per heavy atom. The Morgan fingerprint density at radius 2 is 1.22 bits per heavy atom. The second-order valence-electron chi connectivity index (χ2n) is 9.51. The fourth-order valence-electron chi connectivity index (χ4n) is 5.78. The summed E-state index contributed by atoms with van der Waals surface area (Å²) >= 11 is 3.72. The maximum atomic E-state index is 6.11. The molecule has 0 N–H and O–H groups in total. The first-order chi connectivity index (χ1) is 18.3. The van der Waals surface area contributed by atoms with E-state index in [9.17, 15) is 0 Å². The zero-order chi connectivity index (χ0) is 24.5. The quantitative estimate of drug-likeness (QED) is 0.214. The van der Waals surface area contributed by atoms with Gasteiger partial charge in [-0.2, -0.15) is 0 Å². The molecule has 174 valence electrons. The van der Waals surface area contributed by atoms with Crippen molar-refractivity contribution in [1.29, 1.82) is 0 Å². The molecule has 0 fully saturated rings. The highest BCUT2D eigenvalue weighted by molar-refractivity contribution is 9.10. The number of aromatic nitrogens is 1. The summed E-state index contributed by atoms with van der Waals surface area (Å²) in [6, 6.07) is 43.3. The zero-order valence-corrected chi connectivity index (χ0v) is 21.4. The van der Waals surface area contributed by atoms with Crippen LogP contribution in [0.1, 0.15) is 0 Å². The van der Waals surface area contributed by atoms with Crippen molar-refractivity contribution < 1.29 is 4.42 Å². The lowest BCUT2D eigenvalue weighted by atomic mass is 10.0. The van der Waals surface area contributed by atoms with Crippen molar-refractivity contribution in [3.8, 4) is 16.8 Å². The molecule has 0 spiro atoms. The van der Waals surface area contributed by atoms with Gasteiger partial charge in [0, 0.05) is 31.4 Å². The molecular formula is C34H20BrNO. The first-order valence-electron chi connectivity index (χ1n) is 12.4. The van der Waals surface area contributed by atoms with Gasteiger partial charge in [0.05, 0.1) is 16.7 Å². The molecule has 6 aromatic carbocycles. The maximum Gasteiger partial charge on any atom is 0.136 e. The minimum atomic E-state index is 0.898. The van der Waals surface area contributed by atoms with E-state index in [-0.39, 0.29) is 0 Å². The van der Waals surface area contributed by atoms with Crippen LogP contribution >= 0.6 is 15.9 Å². The van der Waals surface area contributed by atoms with Gasteiger partial charge < -0.3 is 8.98 Å². The van der Waals surface area contributed by atoms with Crippen LogP contribution in [0.3, 0.4) is 0 Å². The van der Waals surface area contributed by atoms with Gasteiger partial charge in [-0.25, -0.2) is 0 Å². The van der Waals surface area contributed by atoms with Gasteiger partial charge in [0.2, 0.25) is 0 Å². The van der Waals surface area contributed by atoms with Crippen molar-refractivity contribution in [2.45, 2.75) is 0 Å². The second kappa shape index (κ2) is 7.83. The van der Waals surface area contributed by atoms with Crippen molar-refractivity contribution >= 4 is 70.4 Å². The highest BCUT2D eigenvalue weighted by Crippen LogP contribution is 2.39. The van der Waals surface area contributed by atoms with E-state index in [0.717, 1.165) is 26.4 Å². The van der Waals surface area contributed by atoms with Crippen molar-refractivity contribution in [2.24, 2.45) is 0 Å². The van der Waals surface area contributed by atoms with Crippen LogP contribution in [0.2, 0.25) is 0 Å². The summed E-state index contributed by atoms with van der Waals surface area (Å²) in [5.41, 5.74) is 7.79. The number of nitrogens with zero attached hydrogens (tertiary/aromatic N) is 1. The van der Waals surface area contributed by atoms with Crippen LogP contribution in [0.4, 0.5) is 0 Å². The van der Waals surface area contributed by atoms with Crippen LogP contribution in [0.15, 0.2) is 130 Å². The smallest absolute Gasteiger partial charge is 0.136 e. The Kier molecular flexibility index (Phi) is 4.40. The predicted molar refractivity (Wildman–Crippen MR) is 159 cm³/mol. The molecule has 0 radical (unpaired) electrons. The van der Waals surface area contributed by atoms with Crippen molar-refractivity contribution in [2.75, 3.05) is 0 Å². The molecule has 0 atom stereocenters. The SMILES string of the molecule is Brc1cccc2oc3ccc(-c4ccc5c(c4)c4ccccc4n5-c4cccc5ccccc45)cc3c12. The van der Waals surface area contributed by atoms with Crippen molar-refractivity contribution in [3.05, 3.63) is 126 Å². The number of hydrogen-bond acceptors (Lipinski definition) is 1. The highest BCUT2D eigenvalue weighted by atomic mass is 79.9. The normalized spacial score (nSPS) is 11.9. The lowest BCUT2D eigenvalue weighted by molar-refractivity contribution is 0.669. The number of fused-ring (bicyclic) bond motifs is 7. The Bertz CT molecular complexity index is 2160. The van der Waals surface area contributed by atoms with E-state index < -0.39 is 0 Å². The third-order valence-corrected chi connectivity index (χ3v) is 8.12. The number of benzene rings is 6. The van der Waals surface area contributed by atoms with Gasteiger partial charge in [-0.3, -0.25) is 0 Å². The van der Waals surface area contributed by atoms with Gasteiger partial charge in [-0.05, 0) is 65.0 Å². The highest BCUT2D eigenvalue weighted by Gasteiger charge is 2.16. The van der Waals surface area contributed by atoms with E-state index in [1.54, 1.807) is 0 Å². The molecule has 3 heteroatoms. The molecule has 0 bridgehead atoms. The Balaban J connectivity index is 1.39. The topological polar surface area (TPSA) is 18.1 Å². The van der Waals surface area contributed by atoms with Crippen LogP contribution in [0, 0.1) is 0 Å². The lowest BCUT2D eigenvalue weighted by Crippen LogP contribution is -1.95. The van der Waals surface area contributed by atoms with Gasteiger partial charge in [0.25, 0.3) is 0 Å².